The topological polar surface area (TPSA) is 87.7 Å². The molecule has 0 bridgehead atoms. The lowest BCUT2D eigenvalue weighted by molar-refractivity contribution is -0.147. The number of piperazine rings is 3. The lowest BCUT2D eigenvalue weighted by Crippen LogP contribution is -2.59. The van der Waals surface area contributed by atoms with Crippen molar-refractivity contribution in [3.63, 3.8) is 0 Å². The first-order chi connectivity index (χ1) is 14.2. The molecule has 3 fully saturated rings. The Bertz CT molecular complexity index is 635. The van der Waals surface area contributed by atoms with Crippen LogP contribution in [0.25, 0.3) is 0 Å². The molecule has 3 heterocycles. The van der Waals surface area contributed by atoms with E-state index in [9.17, 15) is 19.2 Å². The standard InChI is InChI=1S/C20H34N6O4/c1-15-19(29)21(3)5-7-25(15)13-17(27)23-9-11-24(12-10-23)18(28)14-26-8-6-22(4)20(30)16(26)2/h15-16H,5-14H2,1-4H3. The van der Waals surface area contributed by atoms with Gasteiger partial charge in [-0.2, -0.15) is 0 Å². The van der Waals surface area contributed by atoms with Gasteiger partial charge in [0.05, 0.1) is 25.2 Å². The fraction of sp³-hybridized carbons (Fsp3) is 0.800. The number of carbonyl (C=O) groups excluding carboxylic acids is 4. The summed E-state index contributed by atoms with van der Waals surface area (Å²) in [7, 11) is 3.57. The molecule has 0 radical (unpaired) electrons. The molecule has 0 aliphatic carbocycles. The Morgan fingerprint density at radius 1 is 0.667 bits per heavy atom. The summed E-state index contributed by atoms with van der Waals surface area (Å²) in [6, 6.07) is -0.576. The molecule has 0 spiro atoms. The number of likely N-dealkylation sites (N-methyl/N-ethyl adjacent to an activating group) is 2. The van der Waals surface area contributed by atoms with Gasteiger partial charge in [0.25, 0.3) is 0 Å². The molecule has 2 atom stereocenters. The van der Waals surface area contributed by atoms with Crippen molar-refractivity contribution in [2.75, 3.05) is 79.5 Å². The van der Waals surface area contributed by atoms with Crippen LogP contribution in [-0.4, -0.2) is 145 Å². The van der Waals surface area contributed by atoms with Crippen LogP contribution >= 0.6 is 0 Å². The summed E-state index contributed by atoms with van der Waals surface area (Å²) in [5.74, 6) is 0.0938. The molecule has 168 valence electrons. The van der Waals surface area contributed by atoms with Gasteiger partial charge in [-0.3, -0.25) is 29.0 Å². The van der Waals surface area contributed by atoms with E-state index in [2.05, 4.69) is 0 Å². The minimum absolute atomic E-state index is 0.00425. The van der Waals surface area contributed by atoms with Crippen LogP contribution in [0.1, 0.15) is 13.8 Å². The average Bonchev–Trinajstić information content (AvgIpc) is 2.74. The van der Waals surface area contributed by atoms with Gasteiger partial charge < -0.3 is 19.6 Å². The van der Waals surface area contributed by atoms with E-state index in [0.29, 0.717) is 52.4 Å². The van der Waals surface area contributed by atoms with Crippen LogP contribution in [0.4, 0.5) is 0 Å². The SMILES string of the molecule is CC1C(=O)N(C)CCN1CC(=O)N1CCN(C(=O)CN2CCN(C)C(=O)C2C)CC1. The van der Waals surface area contributed by atoms with Crippen molar-refractivity contribution in [2.45, 2.75) is 25.9 Å². The molecule has 10 nitrogen and oxygen atoms in total. The first kappa shape index (κ1) is 22.5. The summed E-state index contributed by atoms with van der Waals surface area (Å²) in [5, 5.41) is 0. The zero-order valence-electron chi connectivity index (χ0n) is 18.5. The molecule has 30 heavy (non-hydrogen) atoms. The molecule has 2 unspecified atom stereocenters. The number of carbonyl (C=O) groups is 4. The molecule has 3 aliphatic heterocycles. The van der Waals surface area contributed by atoms with Crippen LogP contribution in [0, 0.1) is 0 Å². The van der Waals surface area contributed by atoms with Crippen molar-refractivity contribution in [3.05, 3.63) is 0 Å². The summed E-state index contributed by atoms with van der Waals surface area (Å²) >= 11 is 0. The van der Waals surface area contributed by atoms with E-state index in [0.717, 1.165) is 0 Å². The van der Waals surface area contributed by atoms with Gasteiger partial charge in [-0.05, 0) is 13.8 Å². The second-order valence-corrected chi connectivity index (χ2v) is 8.57. The van der Waals surface area contributed by atoms with Crippen LogP contribution in [0.5, 0.6) is 0 Å². The van der Waals surface area contributed by atoms with Gasteiger partial charge in [-0.25, -0.2) is 0 Å². The van der Waals surface area contributed by atoms with Crippen LogP contribution in [0.3, 0.4) is 0 Å². The number of amides is 4. The Hall–Kier alpha value is -2.20. The average molecular weight is 423 g/mol. The number of hydrogen-bond acceptors (Lipinski definition) is 6. The van der Waals surface area contributed by atoms with Crippen molar-refractivity contribution >= 4 is 23.6 Å². The van der Waals surface area contributed by atoms with Crippen molar-refractivity contribution in [1.29, 1.82) is 0 Å². The fourth-order valence-electron chi connectivity index (χ4n) is 4.30. The van der Waals surface area contributed by atoms with E-state index >= 15 is 0 Å². The molecule has 10 heteroatoms. The Kier molecular flexibility index (Phi) is 6.97. The second kappa shape index (κ2) is 9.30. The summed E-state index contributed by atoms with van der Waals surface area (Å²) in [5.41, 5.74) is 0. The summed E-state index contributed by atoms with van der Waals surface area (Å²) in [4.78, 5) is 60.5. The molecule has 3 rings (SSSR count). The van der Waals surface area contributed by atoms with Crippen LogP contribution in [0.2, 0.25) is 0 Å². The normalized spacial score (nSPS) is 27.1. The third-order valence-electron chi connectivity index (χ3n) is 6.67. The first-order valence-corrected chi connectivity index (χ1v) is 10.7. The maximum Gasteiger partial charge on any atom is 0.239 e. The Balaban J connectivity index is 1.45. The quantitative estimate of drug-likeness (QED) is 0.520. The van der Waals surface area contributed by atoms with Gasteiger partial charge in [0, 0.05) is 66.5 Å². The summed E-state index contributed by atoms with van der Waals surface area (Å²) < 4.78 is 0. The highest BCUT2D eigenvalue weighted by Crippen LogP contribution is 2.13. The van der Waals surface area contributed by atoms with E-state index in [-0.39, 0.29) is 48.8 Å². The van der Waals surface area contributed by atoms with E-state index in [1.165, 1.54) is 0 Å². The lowest BCUT2D eigenvalue weighted by Gasteiger charge is -2.40. The number of rotatable bonds is 4. The molecule has 0 aromatic rings. The van der Waals surface area contributed by atoms with E-state index < -0.39 is 0 Å². The molecule has 0 N–H and O–H groups in total. The third kappa shape index (κ3) is 4.75. The van der Waals surface area contributed by atoms with Crippen LogP contribution < -0.4 is 0 Å². The third-order valence-corrected chi connectivity index (χ3v) is 6.67. The number of hydrogen-bond donors (Lipinski definition) is 0. The van der Waals surface area contributed by atoms with E-state index in [1.54, 1.807) is 33.7 Å². The van der Waals surface area contributed by atoms with Gasteiger partial charge in [0.1, 0.15) is 0 Å². The van der Waals surface area contributed by atoms with Crippen molar-refractivity contribution in [2.24, 2.45) is 0 Å². The largest absolute Gasteiger partial charge is 0.343 e. The zero-order chi connectivity index (χ0) is 22.0. The number of nitrogens with zero attached hydrogens (tertiary/aromatic N) is 6. The predicted octanol–water partition coefficient (Wildman–Crippen LogP) is -2.02. The highest BCUT2D eigenvalue weighted by Gasteiger charge is 2.34. The van der Waals surface area contributed by atoms with E-state index in [4.69, 9.17) is 0 Å². The van der Waals surface area contributed by atoms with Gasteiger partial charge in [0.15, 0.2) is 0 Å². The van der Waals surface area contributed by atoms with Gasteiger partial charge in [-0.15, -0.1) is 0 Å². The van der Waals surface area contributed by atoms with Crippen molar-refractivity contribution in [3.8, 4) is 0 Å². The molecule has 0 aromatic carbocycles. The molecule has 3 aliphatic rings. The maximum absolute atomic E-state index is 12.7. The minimum atomic E-state index is -0.288. The lowest BCUT2D eigenvalue weighted by atomic mass is 10.1. The Labute approximate surface area is 178 Å². The summed E-state index contributed by atoms with van der Waals surface area (Å²) in [6.45, 7) is 8.78. The zero-order valence-corrected chi connectivity index (χ0v) is 18.5. The van der Waals surface area contributed by atoms with Crippen LogP contribution in [-0.2, 0) is 19.2 Å². The second-order valence-electron chi connectivity index (χ2n) is 8.57. The predicted molar refractivity (Wildman–Crippen MR) is 111 cm³/mol. The fourth-order valence-corrected chi connectivity index (χ4v) is 4.30. The van der Waals surface area contributed by atoms with Crippen LogP contribution in [0.15, 0.2) is 0 Å². The molecular weight excluding hydrogens is 388 g/mol. The Morgan fingerprint density at radius 2 is 1.00 bits per heavy atom. The minimum Gasteiger partial charge on any atom is -0.343 e. The molecule has 4 amide bonds. The smallest absolute Gasteiger partial charge is 0.239 e. The monoisotopic (exact) mass is 422 g/mol. The molecular formula is C20H34N6O4. The van der Waals surface area contributed by atoms with Gasteiger partial charge in [-0.1, -0.05) is 0 Å². The molecule has 3 saturated heterocycles. The summed E-state index contributed by atoms with van der Waals surface area (Å²) in [6.07, 6.45) is 0. The van der Waals surface area contributed by atoms with Gasteiger partial charge >= 0.3 is 0 Å². The molecule has 0 saturated carbocycles. The first-order valence-electron chi connectivity index (χ1n) is 10.7. The van der Waals surface area contributed by atoms with Crippen molar-refractivity contribution in [1.82, 2.24) is 29.4 Å². The van der Waals surface area contributed by atoms with Crippen molar-refractivity contribution < 1.29 is 19.2 Å². The van der Waals surface area contributed by atoms with Gasteiger partial charge in [0.2, 0.25) is 23.6 Å². The Morgan fingerprint density at radius 3 is 1.33 bits per heavy atom. The molecule has 0 aromatic heterocycles. The highest BCUT2D eigenvalue weighted by atomic mass is 16.2. The van der Waals surface area contributed by atoms with E-state index in [1.807, 2.05) is 23.6 Å². The maximum atomic E-state index is 12.7. The highest BCUT2D eigenvalue weighted by molar-refractivity contribution is 5.85.